The summed E-state index contributed by atoms with van der Waals surface area (Å²) >= 11 is 0. The molecule has 3 aromatic rings. The molecule has 2 aromatic heterocycles. The molecule has 0 amide bonds. The van der Waals surface area contributed by atoms with Crippen LogP contribution in [0.5, 0.6) is 0 Å². The number of hydrogen-bond donors (Lipinski definition) is 0. The van der Waals surface area contributed by atoms with E-state index >= 15 is 0 Å². The zero-order valence-corrected chi connectivity index (χ0v) is 12.7. The van der Waals surface area contributed by atoms with Crippen molar-refractivity contribution in [3.8, 4) is 11.5 Å². The topological polar surface area (TPSA) is 99.9 Å². The van der Waals surface area contributed by atoms with Gasteiger partial charge >= 0.3 is 11.9 Å². The van der Waals surface area contributed by atoms with Gasteiger partial charge in [-0.15, -0.1) is 10.2 Å². The molecule has 8 nitrogen and oxygen atoms in total. The number of nitrogens with zero attached hydrogens (tertiary/aromatic N) is 5. The molecule has 0 bridgehead atoms. The Balaban J connectivity index is 1.83. The third kappa shape index (κ3) is 3.49. The Morgan fingerprint density at radius 3 is 2.72 bits per heavy atom. The first-order chi connectivity index (χ1) is 11.7. The molecule has 0 aliphatic rings. The van der Waals surface area contributed by atoms with E-state index in [1.165, 1.54) is 29.9 Å². The highest BCUT2D eigenvalue weighted by Crippen LogP contribution is 2.31. The molecule has 0 aliphatic heterocycles. The van der Waals surface area contributed by atoms with Crippen LogP contribution in [0.4, 0.5) is 18.9 Å². The number of alkyl halides is 3. The van der Waals surface area contributed by atoms with Crippen molar-refractivity contribution < 1.29 is 22.5 Å². The first-order valence-electron chi connectivity index (χ1n) is 6.92. The summed E-state index contributed by atoms with van der Waals surface area (Å²) in [6, 6.07) is 4.49. The zero-order chi connectivity index (χ0) is 18.2. The molecule has 0 spiro atoms. The van der Waals surface area contributed by atoms with Crippen LogP contribution in [0, 0.1) is 17.0 Å². The lowest BCUT2D eigenvalue weighted by Crippen LogP contribution is -2.04. The molecule has 2 heterocycles. The second kappa shape index (κ2) is 6.00. The standard InChI is InChI=1S/C14H10F3N5O3/c1-8-11(22(23)24)6-21(20-8)7-12-18-19-13(25-12)9-3-2-4-10(5-9)14(15,16)17/h2-6H,7H2,1H3. The minimum absolute atomic E-state index is 0.0410. The van der Waals surface area contributed by atoms with Gasteiger partial charge in [0.05, 0.1) is 10.5 Å². The molecule has 0 saturated carbocycles. The summed E-state index contributed by atoms with van der Waals surface area (Å²) in [6.07, 6.45) is -3.27. The second-order valence-corrected chi connectivity index (χ2v) is 5.13. The molecular weight excluding hydrogens is 343 g/mol. The molecule has 0 N–H and O–H groups in total. The van der Waals surface area contributed by atoms with Gasteiger partial charge in [0, 0.05) is 5.56 Å². The average molecular weight is 353 g/mol. The fraction of sp³-hybridized carbons (Fsp3) is 0.214. The van der Waals surface area contributed by atoms with E-state index in [-0.39, 0.29) is 35.3 Å². The fourth-order valence-corrected chi connectivity index (χ4v) is 2.17. The van der Waals surface area contributed by atoms with E-state index in [9.17, 15) is 23.3 Å². The van der Waals surface area contributed by atoms with Crippen LogP contribution in [0.1, 0.15) is 17.1 Å². The third-order valence-electron chi connectivity index (χ3n) is 3.32. The van der Waals surface area contributed by atoms with Crippen molar-refractivity contribution in [2.45, 2.75) is 19.6 Å². The summed E-state index contributed by atoms with van der Waals surface area (Å²) in [4.78, 5) is 10.2. The Hall–Kier alpha value is -3.24. The molecule has 0 radical (unpaired) electrons. The van der Waals surface area contributed by atoms with Crippen LogP contribution >= 0.6 is 0 Å². The summed E-state index contributed by atoms with van der Waals surface area (Å²) < 4.78 is 44.8. The maximum atomic E-state index is 12.7. The lowest BCUT2D eigenvalue weighted by molar-refractivity contribution is -0.385. The third-order valence-corrected chi connectivity index (χ3v) is 3.32. The van der Waals surface area contributed by atoms with Crippen LogP contribution < -0.4 is 0 Å². The summed E-state index contributed by atoms with van der Waals surface area (Å²) in [6.45, 7) is 1.44. The molecule has 0 saturated heterocycles. The molecule has 0 fully saturated rings. The molecular formula is C14H10F3N5O3. The summed E-state index contributed by atoms with van der Waals surface area (Å²) in [5.74, 6) is -0.0238. The quantitative estimate of drug-likeness (QED) is 0.527. The van der Waals surface area contributed by atoms with Crippen LogP contribution in [-0.4, -0.2) is 24.9 Å². The average Bonchev–Trinajstić information content (AvgIpc) is 3.14. The van der Waals surface area contributed by atoms with Gasteiger partial charge in [-0.2, -0.15) is 18.3 Å². The first-order valence-corrected chi connectivity index (χ1v) is 6.92. The van der Waals surface area contributed by atoms with E-state index in [4.69, 9.17) is 4.42 Å². The van der Waals surface area contributed by atoms with E-state index in [2.05, 4.69) is 15.3 Å². The fourth-order valence-electron chi connectivity index (χ4n) is 2.17. The van der Waals surface area contributed by atoms with Crippen molar-refractivity contribution in [3.63, 3.8) is 0 Å². The molecule has 11 heteroatoms. The minimum atomic E-state index is -4.48. The van der Waals surface area contributed by atoms with Crippen molar-refractivity contribution in [2.75, 3.05) is 0 Å². The van der Waals surface area contributed by atoms with Crippen LogP contribution in [-0.2, 0) is 12.7 Å². The van der Waals surface area contributed by atoms with Gasteiger partial charge in [0.25, 0.3) is 0 Å². The van der Waals surface area contributed by atoms with Crippen LogP contribution in [0.15, 0.2) is 34.9 Å². The van der Waals surface area contributed by atoms with E-state index in [0.717, 1.165) is 12.1 Å². The number of halogens is 3. The maximum Gasteiger partial charge on any atom is 0.416 e. The molecule has 25 heavy (non-hydrogen) atoms. The molecule has 0 atom stereocenters. The Morgan fingerprint density at radius 1 is 1.32 bits per heavy atom. The van der Waals surface area contributed by atoms with Crippen molar-refractivity contribution in [3.05, 3.63) is 57.7 Å². The Bertz CT molecular complexity index is 932. The predicted octanol–water partition coefficient (Wildman–Crippen LogP) is 3.22. The van der Waals surface area contributed by atoms with Gasteiger partial charge in [-0.1, -0.05) is 6.07 Å². The van der Waals surface area contributed by atoms with Gasteiger partial charge in [-0.05, 0) is 25.1 Å². The van der Waals surface area contributed by atoms with Gasteiger partial charge in [-0.25, -0.2) is 0 Å². The number of rotatable bonds is 4. The molecule has 130 valence electrons. The summed E-state index contributed by atoms with van der Waals surface area (Å²) in [5.41, 5.74) is -0.639. The Kier molecular flexibility index (Phi) is 3.99. The van der Waals surface area contributed by atoms with Gasteiger partial charge in [0.2, 0.25) is 11.8 Å². The number of aryl methyl sites for hydroxylation is 1. The maximum absolute atomic E-state index is 12.7. The van der Waals surface area contributed by atoms with E-state index in [1.54, 1.807) is 0 Å². The van der Waals surface area contributed by atoms with Gasteiger partial charge in [-0.3, -0.25) is 14.8 Å². The Labute approximate surface area is 138 Å². The van der Waals surface area contributed by atoms with Gasteiger partial charge in [0.15, 0.2) is 0 Å². The molecule has 0 unspecified atom stereocenters. The SMILES string of the molecule is Cc1nn(Cc2nnc(-c3cccc(C(F)(F)F)c3)o2)cc1[N+](=O)[O-]. The second-order valence-electron chi connectivity index (χ2n) is 5.13. The van der Waals surface area contributed by atoms with E-state index in [1.807, 2.05) is 0 Å². The first kappa shape index (κ1) is 16.6. The molecule has 1 aromatic carbocycles. The van der Waals surface area contributed by atoms with Crippen LogP contribution in [0.2, 0.25) is 0 Å². The normalized spacial score (nSPS) is 11.7. The predicted molar refractivity (Wildman–Crippen MR) is 77.5 cm³/mol. The summed E-state index contributed by atoms with van der Waals surface area (Å²) in [7, 11) is 0. The number of benzene rings is 1. The van der Waals surface area contributed by atoms with E-state index in [0.29, 0.717) is 0 Å². The number of aromatic nitrogens is 4. The van der Waals surface area contributed by atoms with Crippen molar-refractivity contribution in [2.24, 2.45) is 0 Å². The van der Waals surface area contributed by atoms with Gasteiger partial charge in [0.1, 0.15) is 18.4 Å². The smallest absolute Gasteiger partial charge is 0.416 e. The minimum Gasteiger partial charge on any atom is -0.419 e. The lowest BCUT2D eigenvalue weighted by atomic mass is 10.1. The Morgan fingerprint density at radius 2 is 2.08 bits per heavy atom. The van der Waals surface area contributed by atoms with Crippen molar-refractivity contribution in [1.82, 2.24) is 20.0 Å². The summed E-state index contributed by atoms with van der Waals surface area (Å²) in [5, 5.41) is 22.2. The lowest BCUT2D eigenvalue weighted by Gasteiger charge is -2.06. The van der Waals surface area contributed by atoms with Crippen LogP contribution in [0.25, 0.3) is 11.5 Å². The zero-order valence-electron chi connectivity index (χ0n) is 12.7. The highest BCUT2D eigenvalue weighted by Gasteiger charge is 2.30. The number of hydrogen-bond acceptors (Lipinski definition) is 6. The molecule has 0 aliphatic carbocycles. The van der Waals surface area contributed by atoms with Crippen LogP contribution in [0.3, 0.4) is 0 Å². The molecule has 3 rings (SSSR count). The largest absolute Gasteiger partial charge is 0.419 e. The van der Waals surface area contributed by atoms with Crippen molar-refractivity contribution >= 4 is 5.69 Å². The monoisotopic (exact) mass is 353 g/mol. The van der Waals surface area contributed by atoms with Gasteiger partial charge < -0.3 is 4.42 Å². The van der Waals surface area contributed by atoms with E-state index < -0.39 is 16.7 Å². The number of nitro groups is 1. The highest BCUT2D eigenvalue weighted by molar-refractivity contribution is 5.54. The highest BCUT2D eigenvalue weighted by atomic mass is 19.4. The van der Waals surface area contributed by atoms with Crippen molar-refractivity contribution in [1.29, 1.82) is 0 Å².